The molecule has 2 aromatic rings. The second kappa shape index (κ2) is 4.18. The number of nitrogens with zero attached hydrogens (tertiary/aromatic N) is 5. The predicted molar refractivity (Wildman–Crippen MR) is 52.7 cm³/mol. The Hall–Kier alpha value is -1.76. The van der Waals surface area contributed by atoms with Gasteiger partial charge < -0.3 is 5.73 Å². The highest BCUT2D eigenvalue weighted by Gasteiger charge is 2.13. The van der Waals surface area contributed by atoms with Crippen molar-refractivity contribution in [2.75, 3.05) is 0 Å². The molecule has 2 aromatic heterocycles. The summed E-state index contributed by atoms with van der Waals surface area (Å²) >= 11 is 0. The average molecular weight is 207 g/mol. The zero-order chi connectivity index (χ0) is 10.7. The quantitative estimate of drug-likeness (QED) is 0.714. The van der Waals surface area contributed by atoms with E-state index in [9.17, 15) is 0 Å². The van der Waals surface area contributed by atoms with Crippen molar-refractivity contribution in [3.8, 4) is 0 Å². The van der Waals surface area contributed by atoms with E-state index in [2.05, 4.69) is 25.3 Å². The van der Waals surface area contributed by atoms with Crippen LogP contribution in [0.15, 0.2) is 12.7 Å². The summed E-state index contributed by atoms with van der Waals surface area (Å²) in [4.78, 5) is 8.15. The molecule has 0 amide bonds. The lowest BCUT2D eigenvalue weighted by Gasteiger charge is -2.07. The Kier molecular flexibility index (Phi) is 2.72. The van der Waals surface area contributed by atoms with Gasteiger partial charge in [-0.3, -0.25) is 9.78 Å². The first-order chi connectivity index (χ1) is 7.31. The molecule has 2 rings (SSSR count). The first-order valence-electron chi connectivity index (χ1n) is 4.78. The molecular weight excluding hydrogens is 194 g/mol. The van der Waals surface area contributed by atoms with Gasteiger partial charge in [0.15, 0.2) is 0 Å². The molecule has 0 aromatic carbocycles. The molecule has 2 heterocycles. The van der Waals surface area contributed by atoms with E-state index in [1.54, 1.807) is 0 Å². The van der Waals surface area contributed by atoms with E-state index in [4.69, 9.17) is 5.73 Å². The molecule has 0 radical (unpaired) electrons. The Labute approximate surface area is 86.7 Å². The maximum atomic E-state index is 5.94. The molecule has 0 bridgehead atoms. The number of H-pyrrole nitrogens is 1. The second-order valence-electron chi connectivity index (χ2n) is 3.17. The predicted octanol–water partition coefficient (Wildman–Crippen LogP) is -0.341. The van der Waals surface area contributed by atoms with Crippen LogP contribution < -0.4 is 5.73 Å². The molecule has 0 saturated heterocycles. The number of aromatic nitrogens is 6. The molecule has 0 fully saturated rings. The molecule has 80 valence electrons. The molecule has 0 spiro atoms. The van der Waals surface area contributed by atoms with Crippen LogP contribution in [-0.4, -0.2) is 29.9 Å². The van der Waals surface area contributed by atoms with Gasteiger partial charge in [-0.15, -0.1) is 0 Å². The Morgan fingerprint density at radius 3 is 3.00 bits per heavy atom. The van der Waals surface area contributed by atoms with Gasteiger partial charge >= 0.3 is 0 Å². The summed E-state index contributed by atoms with van der Waals surface area (Å²) in [5.74, 6) is 1.53. The zero-order valence-corrected chi connectivity index (χ0v) is 8.46. The summed E-state index contributed by atoms with van der Waals surface area (Å²) in [5.41, 5.74) is 5.94. The molecule has 1 atom stereocenters. The van der Waals surface area contributed by atoms with Gasteiger partial charge in [-0.2, -0.15) is 10.2 Å². The number of aromatic amines is 1. The number of aryl methyl sites for hydroxylation is 1. The highest BCUT2D eigenvalue weighted by Crippen LogP contribution is 2.09. The van der Waals surface area contributed by atoms with Crippen molar-refractivity contribution in [1.82, 2.24) is 29.9 Å². The van der Waals surface area contributed by atoms with E-state index in [0.29, 0.717) is 12.2 Å². The lowest BCUT2D eigenvalue weighted by molar-refractivity contribution is 0.569. The molecule has 0 aliphatic heterocycles. The number of rotatable bonds is 4. The molecule has 7 nitrogen and oxygen atoms in total. The minimum atomic E-state index is -0.220. The molecule has 0 aliphatic carbocycles. The molecular formula is C8H13N7. The molecule has 0 saturated carbocycles. The largest absolute Gasteiger partial charge is 0.321 e. The van der Waals surface area contributed by atoms with E-state index in [1.807, 2.05) is 11.6 Å². The third-order valence-corrected chi connectivity index (χ3v) is 2.18. The van der Waals surface area contributed by atoms with Gasteiger partial charge in [0.05, 0.1) is 6.04 Å². The summed E-state index contributed by atoms with van der Waals surface area (Å²) in [6.45, 7) is 2.80. The Morgan fingerprint density at radius 1 is 1.47 bits per heavy atom. The Balaban J connectivity index is 2.09. The lowest BCUT2D eigenvalue weighted by atomic mass is 10.2. The number of hydrogen-bond donors (Lipinski definition) is 2. The normalized spacial score (nSPS) is 12.9. The molecule has 1 unspecified atom stereocenters. The lowest BCUT2D eigenvalue weighted by Crippen LogP contribution is -2.18. The maximum Gasteiger partial charge on any atom is 0.141 e. The van der Waals surface area contributed by atoms with E-state index in [-0.39, 0.29) is 6.04 Å². The van der Waals surface area contributed by atoms with Gasteiger partial charge in [-0.1, -0.05) is 0 Å². The van der Waals surface area contributed by atoms with Crippen molar-refractivity contribution in [3.05, 3.63) is 24.3 Å². The van der Waals surface area contributed by atoms with Crippen molar-refractivity contribution in [3.63, 3.8) is 0 Å². The smallest absolute Gasteiger partial charge is 0.141 e. The fourth-order valence-electron chi connectivity index (χ4n) is 1.40. The monoisotopic (exact) mass is 207 g/mol. The van der Waals surface area contributed by atoms with Crippen LogP contribution in [0.5, 0.6) is 0 Å². The Bertz CT molecular complexity index is 404. The minimum absolute atomic E-state index is 0.220. The summed E-state index contributed by atoms with van der Waals surface area (Å²) in [7, 11) is 0. The molecule has 15 heavy (non-hydrogen) atoms. The summed E-state index contributed by atoms with van der Waals surface area (Å²) in [5, 5.41) is 10.6. The van der Waals surface area contributed by atoms with Crippen molar-refractivity contribution in [2.45, 2.75) is 25.9 Å². The topological polar surface area (TPSA) is 98.3 Å². The number of hydrogen-bond acceptors (Lipinski definition) is 5. The summed E-state index contributed by atoms with van der Waals surface area (Å²) < 4.78 is 1.82. The second-order valence-corrected chi connectivity index (χ2v) is 3.17. The van der Waals surface area contributed by atoms with Gasteiger partial charge in [0, 0.05) is 13.0 Å². The van der Waals surface area contributed by atoms with Crippen LogP contribution in [0.1, 0.15) is 24.6 Å². The van der Waals surface area contributed by atoms with Crippen LogP contribution in [-0.2, 0) is 13.0 Å². The standard InChI is InChI=1S/C8H13N7/c1-2-15-7(10-5-13-15)3-6(9)8-11-4-12-14-8/h4-6H,2-3,9H2,1H3,(H,11,12,14). The van der Waals surface area contributed by atoms with Crippen LogP contribution in [0, 0.1) is 0 Å². The van der Waals surface area contributed by atoms with Crippen LogP contribution in [0.25, 0.3) is 0 Å². The first-order valence-corrected chi connectivity index (χ1v) is 4.78. The molecule has 0 aliphatic rings. The average Bonchev–Trinajstić information content (AvgIpc) is 2.87. The van der Waals surface area contributed by atoms with Crippen LogP contribution in [0.2, 0.25) is 0 Å². The van der Waals surface area contributed by atoms with Crippen molar-refractivity contribution in [1.29, 1.82) is 0 Å². The number of nitrogens with one attached hydrogen (secondary N) is 1. The van der Waals surface area contributed by atoms with Crippen molar-refractivity contribution < 1.29 is 0 Å². The fraction of sp³-hybridized carbons (Fsp3) is 0.500. The van der Waals surface area contributed by atoms with Crippen LogP contribution >= 0.6 is 0 Å². The third-order valence-electron chi connectivity index (χ3n) is 2.18. The molecule has 7 heteroatoms. The number of nitrogens with two attached hydrogens (primary N) is 1. The summed E-state index contributed by atoms with van der Waals surface area (Å²) in [6.07, 6.45) is 3.58. The van der Waals surface area contributed by atoms with Crippen LogP contribution in [0.3, 0.4) is 0 Å². The summed E-state index contributed by atoms with van der Waals surface area (Å²) in [6, 6.07) is -0.220. The van der Waals surface area contributed by atoms with E-state index in [0.717, 1.165) is 12.4 Å². The van der Waals surface area contributed by atoms with Crippen molar-refractivity contribution in [2.24, 2.45) is 5.73 Å². The molecule has 3 N–H and O–H groups in total. The van der Waals surface area contributed by atoms with Gasteiger partial charge in [0.25, 0.3) is 0 Å². The van der Waals surface area contributed by atoms with Gasteiger partial charge in [0.1, 0.15) is 24.3 Å². The third kappa shape index (κ3) is 2.01. The zero-order valence-electron chi connectivity index (χ0n) is 8.46. The maximum absolute atomic E-state index is 5.94. The van der Waals surface area contributed by atoms with Gasteiger partial charge in [-0.05, 0) is 6.92 Å². The fourth-order valence-corrected chi connectivity index (χ4v) is 1.40. The minimum Gasteiger partial charge on any atom is -0.321 e. The SMILES string of the molecule is CCn1ncnc1CC(N)c1ncn[nH]1. The highest BCUT2D eigenvalue weighted by atomic mass is 15.3. The Morgan fingerprint density at radius 2 is 2.33 bits per heavy atom. The van der Waals surface area contributed by atoms with E-state index >= 15 is 0 Å². The van der Waals surface area contributed by atoms with Crippen LogP contribution in [0.4, 0.5) is 0 Å². The first kappa shape index (κ1) is 9.78. The van der Waals surface area contributed by atoms with Gasteiger partial charge in [0.2, 0.25) is 0 Å². The van der Waals surface area contributed by atoms with E-state index in [1.165, 1.54) is 12.7 Å². The van der Waals surface area contributed by atoms with Crippen molar-refractivity contribution >= 4 is 0 Å². The highest BCUT2D eigenvalue weighted by molar-refractivity contribution is 4.97. The van der Waals surface area contributed by atoms with Gasteiger partial charge in [-0.25, -0.2) is 9.97 Å². The van der Waals surface area contributed by atoms with E-state index < -0.39 is 0 Å².